The quantitative estimate of drug-likeness (QED) is 0.252. The number of hydrogen-bond donors (Lipinski definition) is 2. The maximum Gasteiger partial charge on any atom is 0.192 e. The fourth-order valence-electron chi connectivity index (χ4n) is 0.937. The molecular weight excluding hydrogens is 229 g/mol. The van der Waals surface area contributed by atoms with Gasteiger partial charge in [-0.2, -0.15) is 0 Å². The van der Waals surface area contributed by atoms with Gasteiger partial charge in [-0.3, -0.25) is 0 Å². The zero-order valence-electron chi connectivity index (χ0n) is 7.82. The molecule has 0 aliphatic rings. The van der Waals surface area contributed by atoms with E-state index in [1.807, 2.05) is 0 Å². The first kappa shape index (κ1) is 13.3. The highest BCUT2D eigenvalue weighted by molar-refractivity contribution is 6.40. The van der Waals surface area contributed by atoms with Gasteiger partial charge in [0.05, 0.1) is 0 Å². The third-order valence-corrected chi connectivity index (χ3v) is 1.91. The number of nitrogens with zero attached hydrogens (tertiary/aromatic N) is 3. The highest BCUT2D eigenvalue weighted by atomic mass is 35.5. The molecule has 5 nitrogen and oxygen atoms in total. The fourth-order valence-corrected chi connectivity index (χ4v) is 1.34. The van der Waals surface area contributed by atoms with E-state index in [1.54, 1.807) is 4.90 Å². The van der Waals surface area contributed by atoms with E-state index in [0.29, 0.717) is 24.8 Å². The SMILES string of the molecule is CC(=N\O)/C(=N/O)N(CCCl)CCCl. The minimum atomic E-state index is 0.175. The molecule has 0 unspecified atom stereocenters. The molecule has 82 valence electrons. The second-order valence-electron chi connectivity index (χ2n) is 2.47. The van der Waals surface area contributed by atoms with Crippen molar-refractivity contribution in [2.75, 3.05) is 24.8 Å². The van der Waals surface area contributed by atoms with Gasteiger partial charge < -0.3 is 15.3 Å². The van der Waals surface area contributed by atoms with Crippen molar-refractivity contribution < 1.29 is 10.4 Å². The summed E-state index contributed by atoms with van der Waals surface area (Å²) in [4.78, 5) is 1.63. The van der Waals surface area contributed by atoms with Crippen molar-refractivity contribution in [3.63, 3.8) is 0 Å². The lowest BCUT2D eigenvalue weighted by atomic mass is 10.3. The van der Waals surface area contributed by atoms with E-state index < -0.39 is 0 Å². The molecule has 0 spiro atoms. The predicted molar refractivity (Wildman–Crippen MR) is 57.1 cm³/mol. The maximum atomic E-state index is 8.72. The minimum Gasteiger partial charge on any atom is -0.411 e. The average molecular weight is 242 g/mol. The molecule has 0 aromatic heterocycles. The van der Waals surface area contributed by atoms with Crippen molar-refractivity contribution in [1.29, 1.82) is 0 Å². The van der Waals surface area contributed by atoms with Gasteiger partial charge >= 0.3 is 0 Å². The van der Waals surface area contributed by atoms with Crippen LogP contribution in [0.1, 0.15) is 6.92 Å². The first-order valence-corrected chi connectivity index (χ1v) is 5.06. The smallest absolute Gasteiger partial charge is 0.192 e. The Morgan fingerprint density at radius 3 is 1.93 bits per heavy atom. The highest BCUT2D eigenvalue weighted by Crippen LogP contribution is 1.97. The van der Waals surface area contributed by atoms with Crippen molar-refractivity contribution in [2.24, 2.45) is 10.3 Å². The van der Waals surface area contributed by atoms with Crippen molar-refractivity contribution in [3.8, 4) is 0 Å². The molecule has 0 fully saturated rings. The summed E-state index contributed by atoms with van der Waals surface area (Å²) in [5.41, 5.74) is 0.211. The number of rotatable bonds is 5. The van der Waals surface area contributed by atoms with Crippen LogP contribution >= 0.6 is 23.2 Å². The molecule has 0 heterocycles. The third kappa shape index (κ3) is 4.02. The number of oxime groups is 2. The van der Waals surface area contributed by atoms with Crippen LogP contribution in [-0.2, 0) is 0 Å². The lowest BCUT2D eigenvalue weighted by molar-refractivity contribution is 0.301. The van der Waals surface area contributed by atoms with Gasteiger partial charge in [0, 0.05) is 24.8 Å². The Kier molecular flexibility index (Phi) is 7.32. The normalized spacial score (nSPS) is 13.1. The van der Waals surface area contributed by atoms with Crippen LogP contribution in [-0.4, -0.2) is 51.7 Å². The Morgan fingerprint density at radius 2 is 1.64 bits per heavy atom. The van der Waals surface area contributed by atoms with E-state index in [0.717, 1.165) is 0 Å². The van der Waals surface area contributed by atoms with Crippen LogP contribution in [0.2, 0.25) is 0 Å². The molecular formula is C7H13Cl2N3O2. The van der Waals surface area contributed by atoms with Gasteiger partial charge in [0.25, 0.3) is 0 Å². The molecule has 7 heteroatoms. The van der Waals surface area contributed by atoms with Gasteiger partial charge in [0.1, 0.15) is 5.71 Å². The third-order valence-electron chi connectivity index (χ3n) is 1.58. The van der Waals surface area contributed by atoms with Gasteiger partial charge in [-0.1, -0.05) is 10.3 Å². The highest BCUT2D eigenvalue weighted by Gasteiger charge is 2.14. The van der Waals surface area contributed by atoms with E-state index >= 15 is 0 Å². The second kappa shape index (κ2) is 7.70. The number of amidine groups is 1. The van der Waals surface area contributed by atoms with E-state index in [-0.39, 0.29) is 11.5 Å². The molecule has 0 amide bonds. The molecule has 14 heavy (non-hydrogen) atoms. The Bertz CT molecular complexity index is 215. The Morgan fingerprint density at radius 1 is 1.14 bits per heavy atom. The zero-order valence-corrected chi connectivity index (χ0v) is 9.33. The number of halogens is 2. The van der Waals surface area contributed by atoms with Crippen molar-refractivity contribution >= 4 is 34.7 Å². The summed E-state index contributed by atoms with van der Waals surface area (Å²) < 4.78 is 0. The van der Waals surface area contributed by atoms with E-state index in [4.69, 9.17) is 33.6 Å². The summed E-state index contributed by atoms with van der Waals surface area (Å²) >= 11 is 11.1. The number of alkyl halides is 2. The van der Waals surface area contributed by atoms with Gasteiger partial charge in [0.2, 0.25) is 0 Å². The molecule has 0 aromatic rings. The molecule has 0 radical (unpaired) electrons. The fraction of sp³-hybridized carbons (Fsp3) is 0.714. The molecule has 0 bridgehead atoms. The monoisotopic (exact) mass is 241 g/mol. The van der Waals surface area contributed by atoms with E-state index in [2.05, 4.69) is 10.3 Å². The van der Waals surface area contributed by atoms with Crippen LogP contribution in [0.5, 0.6) is 0 Å². The standard InChI is InChI=1S/C7H13Cl2N3O2/c1-6(10-13)7(11-14)12(4-2-8)5-3-9/h13-14H,2-5H2,1H3/b10-6+,11-7-. The minimum absolute atomic E-state index is 0.175. The summed E-state index contributed by atoms with van der Waals surface area (Å²) in [6, 6.07) is 0. The van der Waals surface area contributed by atoms with Crippen molar-refractivity contribution in [3.05, 3.63) is 0 Å². The Hall–Kier alpha value is -0.680. The molecule has 0 saturated carbocycles. The van der Waals surface area contributed by atoms with Crippen LogP contribution in [0.25, 0.3) is 0 Å². The second-order valence-corrected chi connectivity index (χ2v) is 3.23. The Balaban J connectivity index is 4.59. The Labute approximate surface area is 92.6 Å². The zero-order chi connectivity index (χ0) is 11.0. The first-order valence-electron chi connectivity index (χ1n) is 3.99. The van der Waals surface area contributed by atoms with E-state index in [1.165, 1.54) is 6.92 Å². The molecule has 0 aromatic carbocycles. The van der Waals surface area contributed by atoms with Crippen LogP contribution in [0, 0.1) is 0 Å². The lowest BCUT2D eigenvalue weighted by Crippen LogP contribution is -2.38. The van der Waals surface area contributed by atoms with Crippen molar-refractivity contribution in [1.82, 2.24) is 4.90 Å². The maximum absolute atomic E-state index is 8.72. The first-order chi connectivity index (χ1) is 6.71. The van der Waals surface area contributed by atoms with Gasteiger partial charge in [-0.15, -0.1) is 23.2 Å². The topological polar surface area (TPSA) is 68.4 Å². The van der Waals surface area contributed by atoms with Crippen LogP contribution in [0.15, 0.2) is 10.3 Å². The molecule has 2 N–H and O–H groups in total. The summed E-state index contributed by atoms with van der Waals surface area (Å²) in [5.74, 6) is 0.914. The number of hydrogen-bond acceptors (Lipinski definition) is 4. The molecule has 0 aliphatic heterocycles. The van der Waals surface area contributed by atoms with Crippen LogP contribution in [0.3, 0.4) is 0 Å². The van der Waals surface area contributed by atoms with Crippen molar-refractivity contribution in [2.45, 2.75) is 6.92 Å². The van der Waals surface area contributed by atoms with Crippen LogP contribution < -0.4 is 0 Å². The molecule has 0 saturated heterocycles. The molecule has 0 rings (SSSR count). The summed E-state index contributed by atoms with van der Waals surface area (Å²) in [6.07, 6.45) is 0. The molecule has 0 atom stereocenters. The van der Waals surface area contributed by atoms with Gasteiger partial charge in [0.15, 0.2) is 5.84 Å². The van der Waals surface area contributed by atoms with Gasteiger partial charge in [-0.25, -0.2) is 0 Å². The van der Waals surface area contributed by atoms with Crippen LogP contribution in [0.4, 0.5) is 0 Å². The largest absolute Gasteiger partial charge is 0.411 e. The summed E-state index contributed by atoms with van der Waals surface area (Å²) in [7, 11) is 0. The molecule has 0 aliphatic carbocycles. The lowest BCUT2D eigenvalue weighted by Gasteiger charge is -2.22. The predicted octanol–water partition coefficient (Wildman–Crippen LogP) is 1.40. The van der Waals surface area contributed by atoms with E-state index in [9.17, 15) is 0 Å². The summed E-state index contributed by atoms with van der Waals surface area (Å²) in [5, 5.41) is 23.2. The van der Waals surface area contributed by atoms with Gasteiger partial charge in [-0.05, 0) is 6.92 Å². The summed E-state index contributed by atoms with van der Waals surface area (Å²) in [6.45, 7) is 2.46. The average Bonchev–Trinajstić information content (AvgIpc) is 2.19.